The van der Waals surface area contributed by atoms with Gasteiger partial charge >= 0.3 is 11.7 Å². The van der Waals surface area contributed by atoms with Gasteiger partial charge in [-0.2, -0.15) is 5.26 Å². The molecule has 2 heterocycles. The number of hydrogen-bond donors (Lipinski definition) is 2. The summed E-state index contributed by atoms with van der Waals surface area (Å²) in [5.41, 5.74) is -0.0867. The van der Waals surface area contributed by atoms with Crippen LogP contribution in [0.15, 0.2) is 33.9 Å². The van der Waals surface area contributed by atoms with Gasteiger partial charge in [0.15, 0.2) is 6.61 Å². The van der Waals surface area contributed by atoms with Gasteiger partial charge in [0.05, 0.1) is 11.6 Å². The number of amides is 2. The minimum absolute atomic E-state index is 0.0745. The average Bonchev–Trinajstić information content (AvgIpc) is 2.62. The number of fused-ring (bicyclic) bond motifs is 1. The lowest BCUT2D eigenvalue weighted by atomic mass is 9.98. The molecule has 0 spiro atoms. The molecule has 25 heavy (non-hydrogen) atoms. The van der Waals surface area contributed by atoms with Crippen molar-refractivity contribution in [2.24, 2.45) is 14.1 Å². The topological polar surface area (TPSA) is 118 Å². The molecule has 1 aliphatic heterocycles. The van der Waals surface area contributed by atoms with Gasteiger partial charge in [0.25, 0.3) is 5.56 Å². The Labute approximate surface area is 142 Å². The van der Waals surface area contributed by atoms with Crippen LogP contribution in [0.1, 0.15) is 17.2 Å². The highest BCUT2D eigenvalue weighted by molar-refractivity contribution is 5.92. The van der Waals surface area contributed by atoms with E-state index in [4.69, 9.17) is 10.00 Å². The quantitative estimate of drug-likeness (QED) is 0.827. The molecule has 0 fully saturated rings. The van der Waals surface area contributed by atoms with Crippen LogP contribution in [0.3, 0.4) is 0 Å². The van der Waals surface area contributed by atoms with Crippen molar-refractivity contribution in [1.82, 2.24) is 14.5 Å². The largest absolute Gasteiger partial charge is 0.479 e. The van der Waals surface area contributed by atoms with Gasteiger partial charge in [0, 0.05) is 14.1 Å². The first-order valence-electron chi connectivity index (χ1n) is 7.41. The molecule has 0 saturated heterocycles. The lowest BCUT2D eigenvalue weighted by molar-refractivity contribution is 0.248. The second-order valence-corrected chi connectivity index (χ2v) is 5.52. The Hall–Kier alpha value is -3.54. The average molecular weight is 341 g/mol. The van der Waals surface area contributed by atoms with Crippen LogP contribution in [0.2, 0.25) is 0 Å². The van der Waals surface area contributed by atoms with E-state index in [0.717, 1.165) is 4.57 Å². The van der Waals surface area contributed by atoms with Crippen LogP contribution < -0.4 is 26.6 Å². The molecule has 1 aromatic carbocycles. The maximum Gasteiger partial charge on any atom is 0.332 e. The summed E-state index contributed by atoms with van der Waals surface area (Å²) in [5.74, 6) is 0.672. The van der Waals surface area contributed by atoms with Crippen LogP contribution in [-0.4, -0.2) is 21.8 Å². The molecule has 0 bridgehead atoms. The van der Waals surface area contributed by atoms with Crippen molar-refractivity contribution in [2.75, 3.05) is 11.9 Å². The Kier molecular flexibility index (Phi) is 4.02. The maximum atomic E-state index is 12.6. The molecule has 9 heteroatoms. The smallest absolute Gasteiger partial charge is 0.332 e. The van der Waals surface area contributed by atoms with Gasteiger partial charge in [-0.15, -0.1) is 0 Å². The zero-order chi connectivity index (χ0) is 18.1. The van der Waals surface area contributed by atoms with Crippen molar-refractivity contribution in [3.63, 3.8) is 0 Å². The fourth-order valence-electron chi connectivity index (χ4n) is 2.75. The van der Waals surface area contributed by atoms with Gasteiger partial charge in [0.2, 0.25) is 0 Å². The first-order chi connectivity index (χ1) is 11.9. The standard InChI is InChI=1S/C16H15N5O4/c1-20-13-11(14(22)21(2)16(20)24)12(18-15(23)19-13)9-3-5-10(6-4-9)25-8-7-17/h3-6,12H,8H2,1-2H3,(H2,18,19,23)/t12-/m1/s1. The Morgan fingerprint density at radius 1 is 1.16 bits per heavy atom. The van der Waals surface area contributed by atoms with E-state index in [0.29, 0.717) is 11.3 Å². The molecule has 0 radical (unpaired) electrons. The van der Waals surface area contributed by atoms with Crippen LogP contribution in [0.4, 0.5) is 10.6 Å². The summed E-state index contributed by atoms with van der Waals surface area (Å²) in [6, 6.07) is 7.33. The van der Waals surface area contributed by atoms with Gasteiger partial charge in [-0.25, -0.2) is 9.59 Å². The third-order valence-corrected chi connectivity index (χ3v) is 4.01. The Bertz CT molecular complexity index is 997. The number of nitriles is 1. The van der Waals surface area contributed by atoms with Gasteiger partial charge in [-0.1, -0.05) is 12.1 Å². The van der Waals surface area contributed by atoms with Crippen molar-refractivity contribution < 1.29 is 9.53 Å². The number of carbonyl (C=O) groups excluding carboxylic acids is 1. The number of carbonyl (C=O) groups is 1. The third kappa shape index (κ3) is 2.74. The number of aromatic nitrogens is 2. The van der Waals surface area contributed by atoms with E-state index in [9.17, 15) is 14.4 Å². The number of anilines is 1. The van der Waals surface area contributed by atoms with E-state index in [1.54, 1.807) is 24.3 Å². The van der Waals surface area contributed by atoms with E-state index in [1.807, 2.05) is 6.07 Å². The number of hydrogen-bond acceptors (Lipinski definition) is 5. The van der Waals surface area contributed by atoms with Gasteiger partial charge < -0.3 is 10.1 Å². The molecular formula is C16H15N5O4. The lowest BCUT2D eigenvalue weighted by Gasteiger charge is -2.28. The highest BCUT2D eigenvalue weighted by atomic mass is 16.5. The second kappa shape index (κ2) is 6.16. The SMILES string of the molecule is Cn1c2c(c(=O)n(C)c1=O)[C@@H](c1ccc(OCC#N)cc1)NC(=O)N2. The third-order valence-electron chi connectivity index (χ3n) is 4.01. The van der Waals surface area contributed by atoms with Crippen molar-refractivity contribution in [1.29, 1.82) is 5.26 Å². The zero-order valence-corrected chi connectivity index (χ0v) is 13.6. The van der Waals surface area contributed by atoms with Crippen molar-refractivity contribution in [3.05, 3.63) is 56.2 Å². The number of urea groups is 1. The van der Waals surface area contributed by atoms with Gasteiger partial charge in [-0.3, -0.25) is 19.2 Å². The Morgan fingerprint density at radius 3 is 2.48 bits per heavy atom. The summed E-state index contributed by atoms with van der Waals surface area (Å²) in [6.07, 6.45) is 0. The van der Waals surface area contributed by atoms with Gasteiger partial charge in [0.1, 0.15) is 17.6 Å². The van der Waals surface area contributed by atoms with E-state index in [2.05, 4.69) is 10.6 Å². The fourth-order valence-corrected chi connectivity index (χ4v) is 2.75. The molecule has 2 N–H and O–H groups in total. The summed E-state index contributed by atoms with van der Waals surface area (Å²) < 4.78 is 7.42. The summed E-state index contributed by atoms with van der Waals surface area (Å²) in [6.45, 7) is -0.0745. The molecule has 2 aromatic rings. The van der Waals surface area contributed by atoms with Gasteiger partial charge in [-0.05, 0) is 17.7 Å². The number of nitrogens with zero attached hydrogens (tertiary/aromatic N) is 3. The number of rotatable bonds is 3. The molecule has 0 aliphatic carbocycles. The van der Waals surface area contributed by atoms with Crippen LogP contribution >= 0.6 is 0 Å². The predicted octanol–water partition coefficient (Wildman–Crippen LogP) is 0.211. The maximum absolute atomic E-state index is 12.6. The van der Waals surface area contributed by atoms with Crippen molar-refractivity contribution in [2.45, 2.75) is 6.04 Å². The molecule has 3 rings (SSSR count). The molecule has 128 valence electrons. The molecule has 1 aliphatic rings. The Balaban J connectivity index is 2.11. The molecular weight excluding hydrogens is 326 g/mol. The number of benzene rings is 1. The normalized spacial score (nSPS) is 15.6. The molecule has 0 unspecified atom stereocenters. The van der Waals surface area contributed by atoms with Crippen LogP contribution in [0.5, 0.6) is 5.75 Å². The zero-order valence-electron chi connectivity index (χ0n) is 13.6. The monoisotopic (exact) mass is 341 g/mol. The van der Waals surface area contributed by atoms with Crippen LogP contribution in [-0.2, 0) is 14.1 Å². The van der Waals surface area contributed by atoms with E-state index in [1.165, 1.54) is 18.7 Å². The molecule has 0 saturated carbocycles. The highest BCUT2D eigenvalue weighted by Crippen LogP contribution is 2.29. The number of nitrogens with one attached hydrogen (secondary N) is 2. The van der Waals surface area contributed by atoms with Crippen molar-refractivity contribution >= 4 is 11.8 Å². The van der Waals surface area contributed by atoms with Crippen LogP contribution in [0, 0.1) is 11.3 Å². The summed E-state index contributed by atoms with van der Waals surface area (Å²) in [4.78, 5) is 36.6. The minimum atomic E-state index is -0.709. The van der Waals surface area contributed by atoms with E-state index in [-0.39, 0.29) is 18.0 Å². The highest BCUT2D eigenvalue weighted by Gasteiger charge is 2.31. The first kappa shape index (κ1) is 16.3. The first-order valence-corrected chi connectivity index (χ1v) is 7.41. The molecule has 9 nitrogen and oxygen atoms in total. The molecule has 1 aromatic heterocycles. The van der Waals surface area contributed by atoms with E-state index < -0.39 is 23.3 Å². The fraction of sp³-hybridized carbons (Fsp3) is 0.250. The molecule has 2 amide bonds. The minimum Gasteiger partial charge on any atom is -0.479 e. The number of ether oxygens (including phenoxy) is 1. The predicted molar refractivity (Wildman–Crippen MR) is 88.5 cm³/mol. The summed E-state index contributed by atoms with van der Waals surface area (Å²) in [7, 11) is 2.87. The van der Waals surface area contributed by atoms with Crippen LogP contribution in [0.25, 0.3) is 0 Å². The molecule has 1 atom stereocenters. The second-order valence-electron chi connectivity index (χ2n) is 5.52. The summed E-state index contributed by atoms with van der Waals surface area (Å²) >= 11 is 0. The Morgan fingerprint density at radius 2 is 1.84 bits per heavy atom. The lowest BCUT2D eigenvalue weighted by Crippen LogP contribution is -2.49. The van der Waals surface area contributed by atoms with E-state index >= 15 is 0 Å². The van der Waals surface area contributed by atoms with Crippen molar-refractivity contribution in [3.8, 4) is 11.8 Å². The summed E-state index contributed by atoms with van der Waals surface area (Å²) in [5, 5.41) is 13.7.